The monoisotopic (exact) mass is 679 g/mol. The summed E-state index contributed by atoms with van der Waals surface area (Å²) >= 11 is 0. The second kappa shape index (κ2) is 15.8. The number of aliphatic hydroxyl groups is 2. The van der Waals surface area contributed by atoms with E-state index in [1.165, 1.54) is 36.3 Å². The Labute approximate surface area is 285 Å². The lowest BCUT2D eigenvalue weighted by Crippen LogP contribution is -2.69. The molecule has 6 atom stereocenters. The number of likely N-dealkylation sites (N-methyl/N-ethyl adjacent to an activating group) is 1. The molecular formula is C36H45N3O10. The molecule has 1 heterocycles. The molecule has 1 amide bonds. The Balaban J connectivity index is 1.66. The van der Waals surface area contributed by atoms with Gasteiger partial charge < -0.3 is 39.3 Å². The predicted molar refractivity (Wildman–Crippen MR) is 181 cm³/mol. The minimum Gasteiger partial charge on any atom is -0.508 e. The van der Waals surface area contributed by atoms with Crippen molar-refractivity contribution in [2.24, 2.45) is 22.9 Å². The van der Waals surface area contributed by atoms with Crippen LogP contribution in [0.15, 0.2) is 71.9 Å². The molecule has 2 aromatic carbocycles. The maximum atomic E-state index is 13.8. The number of aliphatic hydroxyl groups excluding tert-OH is 2. The lowest BCUT2D eigenvalue weighted by Gasteiger charge is -2.59. The van der Waals surface area contributed by atoms with Crippen LogP contribution in [0.2, 0.25) is 0 Å². The van der Waals surface area contributed by atoms with Crippen molar-refractivity contribution in [2.75, 3.05) is 34.0 Å². The number of amides is 1. The molecule has 13 heteroatoms. The van der Waals surface area contributed by atoms with E-state index in [0.717, 1.165) is 36.8 Å². The van der Waals surface area contributed by atoms with Gasteiger partial charge in [-0.25, -0.2) is 4.79 Å². The molecule has 0 saturated heterocycles. The third-order valence-electron chi connectivity index (χ3n) is 9.87. The summed E-state index contributed by atoms with van der Waals surface area (Å²) in [6, 6.07) is 9.44. The van der Waals surface area contributed by atoms with Gasteiger partial charge in [0.25, 0.3) is 5.69 Å². The summed E-state index contributed by atoms with van der Waals surface area (Å²) in [5.74, 6) is -1.42. The minimum absolute atomic E-state index is 0.0232. The number of nitro groups is 1. The van der Waals surface area contributed by atoms with Crippen LogP contribution in [-0.2, 0) is 9.57 Å². The third kappa shape index (κ3) is 7.29. The van der Waals surface area contributed by atoms with Crippen LogP contribution in [0.25, 0.3) is 0 Å². The number of oxime groups is 1. The number of non-ortho nitro benzene ring substituents is 1. The van der Waals surface area contributed by atoms with Gasteiger partial charge in [-0.05, 0) is 73.4 Å². The van der Waals surface area contributed by atoms with Gasteiger partial charge in [-0.15, -0.1) is 6.58 Å². The molecule has 0 spiro atoms. The molecule has 1 fully saturated rings. The molecule has 1 saturated carbocycles. The van der Waals surface area contributed by atoms with Crippen LogP contribution >= 0.6 is 0 Å². The summed E-state index contributed by atoms with van der Waals surface area (Å²) in [5, 5.41) is 45.6. The lowest BCUT2D eigenvalue weighted by atomic mass is 9.55. The van der Waals surface area contributed by atoms with Gasteiger partial charge >= 0.3 is 6.09 Å². The number of carbonyl (C=O) groups is 1. The predicted octanol–water partition coefficient (Wildman–Crippen LogP) is 5.69. The summed E-state index contributed by atoms with van der Waals surface area (Å²) in [4.78, 5) is 31.2. The number of benzene rings is 2. The normalized spacial score (nSPS) is 26.1. The molecule has 13 nitrogen and oxygen atoms in total. The van der Waals surface area contributed by atoms with Crippen molar-refractivity contribution in [1.82, 2.24) is 4.90 Å². The number of aromatic hydroxyl groups is 1. The van der Waals surface area contributed by atoms with Gasteiger partial charge in [-0.1, -0.05) is 30.1 Å². The highest BCUT2D eigenvalue weighted by Gasteiger charge is 2.65. The first-order valence-corrected chi connectivity index (χ1v) is 16.7. The summed E-state index contributed by atoms with van der Waals surface area (Å²) < 4.78 is 19.3. The van der Waals surface area contributed by atoms with Crippen molar-refractivity contribution >= 4 is 17.5 Å². The van der Waals surface area contributed by atoms with E-state index in [-0.39, 0.29) is 61.2 Å². The maximum absolute atomic E-state index is 13.8. The van der Waals surface area contributed by atoms with Gasteiger partial charge in [-0.3, -0.25) is 10.1 Å². The fourth-order valence-electron chi connectivity index (χ4n) is 7.78. The van der Waals surface area contributed by atoms with E-state index in [0.29, 0.717) is 24.3 Å². The molecular weight excluding hydrogens is 634 g/mol. The maximum Gasteiger partial charge on any atom is 0.415 e. The Morgan fingerprint density at radius 2 is 1.86 bits per heavy atom. The number of unbranched alkanes of at least 4 members (excludes halogenated alkanes) is 2. The quantitative estimate of drug-likeness (QED) is 0.0918. The number of fused-ring (bicyclic) bond motifs is 2. The largest absolute Gasteiger partial charge is 0.508 e. The molecule has 0 bridgehead atoms. The highest BCUT2D eigenvalue weighted by molar-refractivity contribution is 6.03. The summed E-state index contributed by atoms with van der Waals surface area (Å²) in [6.45, 7) is 4.14. The zero-order chi connectivity index (χ0) is 35.1. The van der Waals surface area contributed by atoms with E-state index >= 15 is 0 Å². The van der Waals surface area contributed by atoms with Crippen molar-refractivity contribution in [2.45, 2.75) is 62.7 Å². The topological polar surface area (TPSA) is 173 Å². The van der Waals surface area contributed by atoms with Crippen molar-refractivity contribution in [3.63, 3.8) is 0 Å². The van der Waals surface area contributed by atoms with Gasteiger partial charge in [0.1, 0.15) is 30.4 Å². The third-order valence-corrected chi connectivity index (χ3v) is 9.87. The zero-order valence-corrected chi connectivity index (χ0v) is 27.9. The number of phenolic OH excluding ortho intramolecular Hbond substituents is 1. The number of hydrogen-bond donors (Lipinski definition) is 3. The summed E-state index contributed by atoms with van der Waals surface area (Å²) in [5.41, 5.74) is 2.15. The fraction of sp³-hybridized carbons (Fsp3) is 0.500. The lowest BCUT2D eigenvalue weighted by molar-refractivity contribution is -0.384. The second-order valence-electron chi connectivity index (χ2n) is 12.7. The molecule has 264 valence electrons. The molecule has 1 aliphatic heterocycles. The molecule has 6 unspecified atom stereocenters. The van der Waals surface area contributed by atoms with Crippen LogP contribution in [0.5, 0.6) is 17.2 Å². The minimum atomic E-state index is -1.46. The zero-order valence-electron chi connectivity index (χ0n) is 27.9. The van der Waals surface area contributed by atoms with Crippen LogP contribution in [0.3, 0.4) is 0 Å². The first kappa shape index (κ1) is 35.8. The van der Waals surface area contributed by atoms with Gasteiger partial charge in [0.15, 0.2) is 0 Å². The molecule has 5 rings (SSSR count). The number of nitrogens with zero attached hydrogens (tertiary/aromatic N) is 3. The van der Waals surface area contributed by atoms with Gasteiger partial charge in [-0.2, -0.15) is 0 Å². The van der Waals surface area contributed by atoms with Crippen molar-refractivity contribution in [3.8, 4) is 17.2 Å². The summed E-state index contributed by atoms with van der Waals surface area (Å²) in [7, 11) is 3.05. The average Bonchev–Trinajstić information content (AvgIpc) is 3.09. The highest BCUT2D eigenvalue weighted by atomic mass is 16.7. The van der Waals surface area contributed by atoms with E-state index in [1.54, 1.807) is 31.3 Å². The first-order valence-electron chi connectivity index (χ1n) is 16.7. The second-order valence-corrected chi connectivity index (χ2v) is 12.7. The molecule has 3 aliphatic rings. The number of rotatable bonds is 15. The van der Waals surface area contributed by atoms with Crippen LogP contribution < -0.4 is 9.47 Å². The number of nitro benzene ring substituents is 1. The van der Waals surface area contributed by atoms with Crippen molar-refractivity contribution in [1.29, 1.82) is 0 Å². The molecule has 49 heavy (non-hydrogen) atoms. The van der Waals surface area contributed by atoms with Gasteiger partial charge in [0.05, 0.1) is 23.2 Å². The molecule has 3 N–H and O–H groups in total. The van der Waals surface area contributed by atoms with E-state index in [2.05, 4.69) is 17.8 Å². The molecule has 0 aromatic heterocycles. The Bertz CT molecular complexity index is 1560. The number of carbonyl (C=O) groups excluding carboxylic acids is 1. The SMILES string of the molecule is C=CCOC12Oc3ccc(O)cc3C3C(CCCCO)C(CCCCO)C=C(C(=NOC)CC1N(C)C(=O)Oc1ccc([N+](=O)[O-])cc1)C32. The molecule has 2 aliphatic carbocycles. The highest BCUT2D eigenvalue weighted by Crippen LogP contribution is 2.61. The Morgan fingerprint density at radius 1 is 1.14 bits per heavy atom. The Hall–Kier alpha value is -4.46. The number of allylic oxidation sites excluding steroid dienone is 1. The number of phenols is 1. The van der Waals surface area contributed by atoms with E-state index in [4.69, 9.17) is 19.0 Å². The molecule has 2 aromatic rings. The van der Waals surface area contributed by atoms with E-state index in [9.17, 15) is 30.2 Å². The average molecular weight is 680 g/mol. The Morgan fingerprint density at radius 3 is 2.51 bits per heavy atom. The smallest absolute Gasteiger partial charge is 0.415 e. The number of ether oxygens (including phenoxy) is 3. The van der Waals surface area contributed by atoms with Crippen LogP contribution in [0, 0.1) is 27.9 Å². The van der Waals surface area contributed by atoms with Crippen molar-refractivity contribution in [3.05, 3.63) is 82.4 Å². The van der Waals surface area contributed by atoms with E-state index < -0.39 is 28.8 Å². The van der Waals surface area contributed by atoms with Gasteiger partial charge in [0.2, 0.25) is 5.79 Å². The van der Waals surface area contributed by atoms with Crippen LogP contribution in [0.1, 0.15) is 56.4 Å². The standard InChI is InChI=1S/C36H45N3O10/c1-4-19-47-36-32(38(2)35(43)48-26-14-11-24(12-15-26)39(44)45)22-30(37-46-3)28-20-23(9-5-7-17-40)27(10-6-8-18-41)33(34(28)36)29-21-25(42)13-16-31(29)49-36/h4,11-16,20-21,23,27,32-34,40-42H,1,5-10,17-19,22H2,2-3H3. The summed E-state index contributed by atoms with van der Waals surface area (Å²) in [6.07, 6.45) is 7.70. The first-order chi connectivity index (χ1) is 23.7. The van der Waals surface area contributed by atoms with Crippen LogP contribution in [-0.4, -0.2) is 82.8 Å². The van der Waals surface area contributed by atoms with Gasteiger partial charge in [0, 0.05) is 50.3 Å². The van der Waals surface area contributed by atoms with Crippen LogP contribution in [0.4, 0.5) is 10.5 Å². The number of hydrogen-bond acceptors (Lipinski definition) is 11. The van der Waals surface area contributed by atoms with Crippen molar-refractivity contribution < 1.29 is 44.1 Å². The Kier molecular flexibility index (Phi) is 11.6. The molecule has 0 radical (unpaired) electrons. The van der Waals surface area contributed by atoms with E-state index in [1.807, 2.05) is 0 Å². The fourth-order valence-corrected chi connectivity index (χ4v) is 7.78.